The quantitative estimate of drug-likeness (QED) is 0.710. The van der Waals surface area contributed by atoms with Gasteiger partial charge >= 0.3 is 6.09 Å². The van der Waals surface area contributed by atoms with Gasteiger partial charge in [0.05, 0.1) is 10.9 Å². The lowest BCUT2D eigenvalue weighted by atomic mass is 9.97. The molecule has 0 aliphatic carbocycles. The number of hydrogen-bond acceptors (Lipinski definition) is 4. The van der Waals surface area contributed by atoms with Crippen molar-refractivity contribution in [3.63, 3.8) is 0 Å². The Labute approximate surface area is 167 Å². The predicted octanol–water partition coefficient (Wildman–Crippen LogP) is 3.47. The molecule has 0 bridgehead atoms. The van der Waals surface area contributed by atoms with Crippen LogP contribution in [0.5, 0.6) is 5.75 Å². The van der Waals surface area contributed by atoms with E-state index in [1.807, 2.05) is 31.2 Å². The van der Waals surface area contributed by atoms with Gasteiger partial charge in [-0.05, 0) is 49.4 Å². The molecule has 1 aliphatic rings. The van der Waals surface area contributed by atoms with Gasteiger partial charge in [-0.1, -0.05) is 24.3 Å². The lowest BCUT2D eigenvalue weighted by molar-refractivity contribution is 0.116. The van der Waals surface area contributed by atoms with Crippen molar-refractivity contribution in [1.29, 1.82) is 0 Å². The molecular weight excluding hydrogens is 370 g/mol. The van der Waals surface area contributed by atoms with Crippen molar-refractivity contribution in [2.45, 2.75) is 26.3 Å². The Morgan fingerprint density at radius 1 is 1.24 bits per heavy atom. The van der Waals surface area contributed by atoms with Gasteiger partial charge in [0.1, 0.15) is 11.6 Å². The standard InChI is InChI=1S/C22H23N3O4/c1-14-5-2-3-7-17(14)20-23-19-9-8-16(26)11-18(19)21(27)25(20)13-15-6-4-10-24(12-15)22(28)29/h2-3,5,7-9,11,15,26H,4,6,10,12-13H2,1H3,(H,28,29)/t15-/m0/s1. The Bertz CT molecular complexity index is 1140. The van der Waals surface area contributed by atoms with Crippen LogP contribution in [0.2, 0.25) is 0 Å². The molecule has 2 N–H and O–H groups in total. The van der Waals surface area contributed by atoms with E-state index in [1.165, 1.54) is 17.0 Å². The molecular formula is C22H23N3O4. The van der Waals surface area contributed by atoms with E-state index in [-0.39, 0.29) is 17.2 Å². The van der Waals surface area contributed by atoms with E-state index in [1.54, 1.807) is 10.6 Å². The highest BCUT2D eigenvalue weighted by Crippen LogP contribution is 2.26. The van der Waals surface area contributed by atoms with Crippen LogP contribution in [0.4, 0.5) is 4.79 Å². The van der Waals surface area contributed by atoms with Crippen molar-refractivity contribution in [3.8, 4) is 17.1 Å². The normalized spacial score (nSPS) is 16.9. The summed E-state index contributed by atoms with van der Waals surface area (Å²) < 4.78 is 1.64. The van der Waals surface area contributed by atoms with Gasteiger partial charge in [0.15, 0.2) is 0 Å². The zero-order chi connectivity index (χ0) is 20.5. The van der Waals surface area contributed by atoms with Crippen LogP contribution in [0, 0.1) is 12.8 Å². The molecule has 1 atom stereocenters. The lowest BCUT2D eigenvalue weighted by Crippen LogP contribution is -2.41. The monoisotopic (exact) mass is 393 g/mol. The summed E-state index contributed by atoms with van der Waals surface area (Å²) in [6, 6.07) is 12.4. The van der Waals surface area contributed by atoms with Crippen molar-refractivity contribution in [3.05, 3.63) is 58.4 Å². The fourth-order valence-electron chi connectivity index (χ4n) is 4.05. The van der Waals surface area contributed by atoms with E-state index in [0.29, 0.717) is 36.4 Å². The number of phenols is 1. The van der Waals surface area contributed by atoms with E-state index >= 15 is 0 Å². The molecule has 3 aromatic rings. The third kappa shape index (κ3) is 3.68. The minimum atomic E-state index is -0.928. The first-order valence-electron chi connectivity index (χ1n) is 9.71. The van der Waals surface area contributed by atoms with Crippen LogP contribution in [0.25, 0.3) is 22.3 Å². The number of rotatable bonds is 3. The van der Waals surface area contributed by atoms with Crippen molar-refractivity contribution < 1.29 is 15.0 Å². The molecule has 7 heteroatoms. The maximum absolute atomic E-state index is 13.4. The number of aryl methyl sites for hydroxylation is 1. The Balaban J connectivity index is 1.85. The van der Waals surface area contributed by atoms with Crippen LogP contribution in [0.3, 0.4) is 0 Å². The third-order valence-corrected chi connectivity index (χ3v) is 5.55. The first-order valence-corrected chi connectivity index (χ1v) is 9.71. The van der Waals surface area contributed by atoms with E-state index in [4.69, 9.17) is 4.98 Å². The number of fused-ring (bicyclic) bond motifs is 1. The number of hydrogen-bond donors (Lipinski definition) is 2. The van der Waals surface area contributed by atoms with E-state index in [9.17, 15) is 19.8 Å². The molecule has 4 rings (SSSR count). The Kier molecular flexibility index (Phi) is 4.96. The molecule has 0 saturated carbocycles. The van der Waals surface area contributed by atoms with Gasteiger partial charge in [0, 0.05) is 25.2 Å². The van der Waals surface area contributed by atoms with Gasteiger partial charge in [-0.3, -0.25) is 9.36 Å². The Morgan fingerprint density at radius 3 is 2.79 bits per heavy atom. The number of carboxylic acid groups (broad SMARTS) is 1. The van der Waals surface area contributed by atoms with Gasteiger partial charge in [0.25, 0.3) is 5.56 Å². The summed E-state index contributed by atoms with van der Waals surface area (Å²) >= 11 is 0. The summed E-state index contributed by atoms with van der Waals surface area (Å²) in [5, 5.41) is 19.5. The maximum Gasteiger partial charge on any atom is 0.407 e. The summed E-state index contributed by atoms with van der Waals surface area (Å²) in [6.45, 7) is 3.27. The molecule has 1 aromatic heterocycles. The SMILES string of the molecule is Cc1ccccc1-c1nc2ccc(O)cc2c(=O)n1C[C@H]1CCCN(C(=O)O)C1. The van der Waals surface area contributed by atoms with Gasteiger partial charge in [0.2, 0.25) is 0 Å². The number of benzene rings is 2. The summed E-state index contributed by atoms with van der Waals surface area (Å²) in [5.41, 5.74) is 2.17. The van der Waals surface area contributed by atoms with Crippen LogP contribution < -0.4 is 5.56 Å². The highest BCUT2D eigenvalue weighted by Gasteiger charge is 2.25. The van der Waals surface area contributed by atoms with Gasteiger partial charge in [-0.25, -0.2) is 9.78 Å². The first kappa shape index (κ1) is 19.0. The number of nitrogens with zero attached hydrogens (tertiary/aromatic N) is 3. The molecule has 150 valence electrons. The highest BCUT2D eigenvalue weighted by atomic mass is 16.4. The van der Waals surface area contributed by atoms with Crippen LogP contribution >= 0.6 is 0 Å². The van der Waals surface area contributed by atoms with Crippen molar-refractivity contribution in [2.24, 2.45) is 5.92 Å². The second-order valence-electron chi connectivity index (χ2n) is 7.60. The number of phenolic OH excluding ortho intramolecular Hbond substituents is 1. The molecule has 1 fully saturated rings. The average molecular weight is 393 g/mol. The summed E-state index contributed by atoms with van der Waals surface area (Å²) in [4.78, 5) is 30.9. The first-order chi connectivity index (χ1) is 13.9. The fraction of sp³-hybridized carbons (Fsp3) is 0.318. The van der Waals surface area contributed by atoms with Gasteiger partial charge in [-0.15, -0.1) is 0 Å². The topological polar surface area (TPSA) is 95.7 Å². The highest BCUT2D eigenvalue weighted by molar-refractivity contribution is 5.81. The molecule has 1 aliphatic heterocycles. The maximum atomic E-state index is 13.4. The summed E-state index contributed by atoms with van der Waals surface area (Å²) in [5.74, 6) is 0.608. The van der Waals surface area contributed by atoms with E-state index < -0.39 is 6.09 Å². The Hall–Kier alpha value is -3.35. The largest absolute Gasteiger partial charge is 0.508 e. The second kappa shape index (κ2) is 7.58. The van der Waals surface area contributed by atoms with Crippen LogP contribution in [0.15, 0.2) is 47.3 Å². The third-order valence-electron chi connectivity index (χ3n) is 5.55. The van der Waals surface area contributed by atoms with Crippen molar-refractivity contribution in [2.75, 3.05) is 13.1 Å². The van der Waals surface area contributed by atoms with Gasteiger partial charge in [-0.2, -0.15) is 0 Å². The zero-order valence-corrected chi connectivity index (χ0v) is 16.2. The predicted molar refractivity (Wildman–Crippen MR) is 110 cm³/mol. The number of piperidine rings is 1. The fourth-order valence-corrected chi connectivity index (χ4v) is 4.05. The molecule has 2 aromatic carbocycles. The van der Waals surface area contributed by atoms with Crippen molar-refractivity contribution >= 4 is 17.0 Å². The molecule has 0 unspecified atom stereocenters. The summed E-state index contributed by atoms with van der Waals surface area (Å²) in [7, 11) is 0. The van der Waals surface area contributed by atoms with Crippen molar-refractivity contribution in [1.82, 2.24) is 14.5 Å². The van der Waals surface area contributed by atoms with E-state index in [0.717, 1.165) is 24.0 Å². The Morgan fingerprint density at radius 2 is 2.03 bits per heavy atom. The lowest BCUT2D eigenvalue weighted by Gasteiger charge is -2.31. The number of carbonyl (C=O) groups is 1. The van der Waals surface area contributed by atoms with Crippen LogP contribution in [0.1, 0.15) is 18.4 Å². The smallest absolute Gasteiger partial charge is 0.407 e. The van der Waals surface area contributed by atoms with E-state index in [2.05, 4.69) is 0 Å². The minimum absolute atomic E-state index is 0.0151. The molecule has 0 spiro atoms. The van der Waals surface area contributed by atoms with Gasteiger partial charge < -0.3 is 15.1 Å². The minimum Gasteiger partial charge on any atom is -0.508 e. The molecule has 0 radical (unpaired) electrons. The molecule has 29 heavy (non-hydrogen) atoms. The molecule has 1 saturated heterocycles. The number of aromatic nitrogens is 2. The molecule has 1 amide bonds. The summed E-state index contributed by atoms with van der Waals surface area (Å²) in [6.07, 6.45) is 0.692. The number of likely N-dealkylation sites (tertiary alicyclic amines) is 1. The molecule has 7 nitrogen and oxygen atoms in total. The zero-order valence-electron chi connectivity index (χ0n) is 16.2. The van der Waals surface area contributed by atoms with Crippen LogP contribution in [-0.4, -0.2) is 43.8 Å². The number of aromatic hydroxyl groups is 1. The number of amides is 1. The second-order valence-corrected chi connectivity index (χ2v) is 7.60. The molecule has 2 heterocycles. The average Bonchev–Trinajstić information content (AvgIpc) is 2.71. The van der Waals surface area contributed by atoms with Crippen LogP contribution in [-0.2, 0) is 6.54 Å².